The zero-order valence-electron chi connectivity index (χ0n) is 16.4. The fourth-order valence-corrected chi connectivity index (χ4v) is 5.52. The second-order valence-electron chi connectivity index (χ2n) is 7.96. The Kier molecular flexibility index (Phi) is 5.53. The van der Waals surface area contributed by atoms with Gasteiger partial charge in [-0.1, -0.05) is 0 Å². The SMILES string of the molecule is CN(C)C(=O)C(CN1CCC2(CC1)OCCc1cc(F)sc12)Cn1cccn1. The molecule has 1 amide bonds. The third kappa shape index (κ3) is 3.86. The van der Waals surface area contributed by atoms with Gasteiger partial charge in [-0.2, -0.15) is 9.49 Å². The molecular weight excluding hydrogens is 379 g/mol. The van der Waals surface area contributed by atoms with Gasteiger partial charge in [0.05, 0.1) is 19.1 Å². The molecule has 1 spiro atoms. The minimum Gasteiger partial charge on any atom is -0.369 e. The number of halogens is 1. The van der Waals surface area contributed by atoms with E-state index in [1.54, 1.807) is 31.3 Å². The van der Waals surface area contributed by atoms with E-state index in [4.69, 9.17) is 4.74 Å². The Bertz CT molecular complexity index is 812. The molecule has 0 aliphatic carbocycles. The van der Waals surface area contributed by atoms with Crippen molar-refractivity contribution in [2.24, 2.45) is 5.92 Å². The van der Waals surface area contributed by atoms with Crippen molar-refractivity contribution in [3.05, 3.63) is 40.1 Å². The molecule has 2 aliphatic heterocycles. The Labute approximate surface area is 168 Å². The van der Waals surface area contributed by atoms with Crippen LogP contribution < -0.4 is 0 Å². The van der Waals surface area contributed by atoms with Crippen LogP contribution in [0.3, 0.4) is 0 Å². The molecule has 2 aromatic heterocycles. The number of ether oxygens (including phenoxy) is 1. The Balaban J connectivity index is 1.43. The fourth-order valence-electron chi connectivity index (χ4n) is 4.38. The molecule has 152 valence electrons. The molecule has 1 atom stereocenters. The summed E-state index contributed by atoms with van der Waals surface area (Å²) in [6.07, 6.45) is 6.10. The van der Waals surface area contributed by atoms with Crippen LogP contribution in [0.5, 0.6) is 0 Å². The van der Waals surface area contributed by atoms with Crippen LogP contribution >= 0.6 is 11.3 Å². The Morgan fingerprint density at radius 2 is 2.18 bits per heavy atom. The number of aromatic nitrogens is 2. The number of hydrogen-bond donors (Lipinski definition) is 0. The molecular formula is C20H27FN4O2S. The summed E-state index contributed by atoms with van der Waals surface area (Å²) < 4.78 is 21.8. The number of carbonyl (C=O) groups excluding carboxylic acids is 1. The van der Waals surface area contributed by atoms with Crippen LogP contribution in [-0.2, 0) is 28.1 Å². The molecule has 0 radical (unpaired) electrons. The zero-order valence-corrected chi connectivity index (χ0v) is 17.3. The lowest BCUT2D eigenvalue weighted by molar-refractivity contribution is -0.135. The maximum Gasteiger partial charge on any atom is 0.228 e. The van der Waals surface area contributed by atoms with Crippen LogP contribution in [0.4, 0.5) is 4.39 Å². The summed E-state index contributed by atoms with van der Waals surface area (Å²) in [6.45, 7) is 3.61. The summed E-state index contributed by atoms with van der Waals surface area (Å²) in [4.78, 5) is 17.8. The van der Waals surface area contributed by atoms with Gasteiger partial charge in [0.25, 0.3) is 0 Å². The van der Waals surface area contributed by atoms with Gasteiger partial charge in [0.1, 0.15) is 5.60 Å². The van der Waals surface area contributed by atoms with E-state index < -0.39 is 0 Å². The maximum absolute atomic E-state index is 13.8. The molecule has 6 nitrogen and oxygen atoms in total. The number of carbonyl (C=O) groups is 1. The van der Waals surface area contributed by atoms with Crippen molar-refractivity contribution in [1.82, 2.24) is 19.6 Å². The normalized spacial score (nSPS) is 20.1. The van der Waals surface area contributed by atoms with Crippen molar-refractivity contribution < 1.29 is 13.9 Å². The van der Waals surface area contributed by atoms with Crippen molar-refractivity contribution in [3.63, 3.8) is 0 Å². The number of piperidine rings is 1. The van der Waals surface area contributed by atoms with Crippen molar-refractivity contribution in [3.8, 4) is 0 Å². The first kappa shape index (κ1) is 19.5. The molecule has 1 saturated heterocycles. The lowest BCUT2D eigenvalue weighted by Crippen LogP contribution is -2.49. The van der Waals surface area contributed by atoms with Gasteiger partial charge in [0.15, 0.2) is 5.13 Å². The van der Waals surface area contributed by atoms with Gasteiger partial charge in [-0.25, -0.2) is 0 Å². The fraction of sp³-hybridized carbons (Fsp3) is 0.600. The highest BCUT2D eigenvalue weighted by Gasteiger charge is 2.43. The molecule has 1 unspecified atom stereocenters. The minimum absolute atomic E-state index is 0.117. The van der Waals surface area contributed by atoms with E-state index >= 15 is 0 Å². The van der Waals surface area contributed by atoms with Gasteiger partial charge < -0.3 is 14.5 Å². The highest BCUT2D eigenvalue weighted by atomic mass is 32.1. The van der Waals surface area contributed by atoms with E-state index in [9.17, 15) is 9.18 Å². The van der Waals surface area contributed by atoms with Gasteiger partial charge in [0, 0.05) is 51.0 Å². The van der Waals surface area contributed by atoms with Crippen LogP contribution in [-0.4, -0.2) is 65.8 Å². The summed E-state index contributed by atoms with van der Waals surface area (Å²) >= 11 is 1.24. The lowest BCUT2D eigenvalue weighted by Gasteiger charge is -2.44. The number of rotatable bonds is 5. The van der Waals surface area contributed by atoms with E-state index in [-0.39, 0.29) is 22.6 Å². The topological polar surface area (TPSA) is 50.6 Å². The summed E-state index contributed by atoms with van der Waals surface area (Å²) in [5.74, 6) is -0.0294. The standard InChI is InChI=1S/C20H27FN4O2S/c1-23(2)19(26)16(14-25-8-3-7-22-25)13-24-9-5-20(6-10-24)18-15(4-11-27-20)12-17(21)28-18/h3,7-8,12,16H,4-6,9-11,13-14H2,1-2H3. The van der Waals surface area contributed by atoms with Crippen LogP contribution in [0.25, 0.3) is 0 Å². The van der Waals surface area contributed by atoms with Crippen LogP contribution in [0.15, 0.2) is 24.5 Å². The number of likely N-dealkylation sites (tertiary alicyclic amines) is 1. The maximum atomic E-state index is 13.8. The summed E-state index contributed by atoms with van der Waals surface area (Å²) in [6, 6.07) is 3.55. The van der Waals surface area contributed by atoms with E-state index in [0.29, 0.717) is 19.7 Å². The van der Waals surface area contributed by atoms with Gasteiger partial charge in [-0.3, -0.25) is 9.48 Å². The van der Waals surface area contributed by atoms with E-state index in [0.717, 1.165) is 42.8 Å². The molecule has 28 heavy (non-hydrogen) atoms. The number of hydrogen-bond acceptors (Lipinski definition) is 5. The molecule has 0 aromatic carbocycles. The van der Waals surface area contributed by atoms with Crippen LogP contribution in [0.1, 0.15) is 23.3 Å². The molecule has 0 saturated carbocycles. The highest BCUT2D eigenvalue weighted by molar-refractivity contribution is 7.10. The molecule has 4 heterocycles. The Morgan fingerprint density at radius 1 is 1.39 bits per heavy atom. The van der Waals surface area contributed by atoms with Gasteiger partial charge in [0.2, 0.25) is 5.91 Å². The highest BCUT2D eigenvalue weighted by Crippen LogP contribution is 2.45. The average Bonchev–Trinajstić information content (AvgIpc) is 3.32. The lowest BCUT2D eigenvalue weighted by atomic mass is 9.85. The van der Waals surface area contributed by atoms with Crippen molar-refractivity contribution in [2.45, 2.75) is 31.4 Å². The Hall–Kier alpha value is -1.77. The largest absolute Gasteiger partial charge is 0.369 e. The average molecular weight is 407 g/mol. The first-order valence-electron chi connectivity index (χ1n) is 9.80. The number of nitrogens with zero attached hydrogens (tertiary/aromatic N) is 4. The molecule has 1 fully saturated rings. The summed E-state index contributed by atoms with van der Waals surface area (Å²) in [7, 11) is 3.60. The molecule has 0 bridgehead atoms. The van der Waals surface area contributed by atoms with Crippen LogP contribution in [0, 0.1) is 11.0 Å². The number of thiophene rings is 1. The van der Waals surface area contributed by atoms with E-state index in [1.807, 2.05) is 16.9 Å². The van der Waals surface area contributed by atoms with Crippen molar-refractivity contribution >= 4 is 17.2 Å². The van der Waals surface area contributed by atoms with Crippen molar-refractivity contribution in [1.29, 1.82) is 0 Å². The Morgan fingerprint density at radius 3 is 2.86 bits per heavy atom. The number of amides is 1. The third-order valence-electron chi connectivity index (χ3n) is 5.84. The second kappa shape index (κ2) is 7.93. The predicted octanol–water partition coefficient (Wildman–Crippen LogP) is 2.35. The molecule has 0 N–H and O–H groups in total. The predicted molar refractivity (Wildman–Crippen MR) is 106 cm³/mol. The molecule has 4 rings (SSSR count). The van der Waals surface area contributed by atoms with Gasteiger partial charge in [-0.15, -0.1) is 11.3 Å². The van der Waals surface area contributed by atoms with Gasteiger partial charge >= 0.3 is 0 Å². The minimum atomic E-state index is -0.345. The first-order chi connectivity index (χ1) is 13.5. The van der Waals surface area contributed by atoms with Crippen molar-refractivity contribution in [2.75, 3.05) is 40.3 Å². The second-order valence-corrected chi connectivity index (χ2v) is 8.96. The zero-order chi connectivity index (χ0) is 19.7. The monoisotopic (exact) mass is 406 g/mol. The van der Waals surface area contributed by atoms with E-state index in [2.05, 4.69) is 10.00 Å². The van der Waals surface area contributed by atoms with Crippen LogP contribution in [0.2, 0.25) is 0 Å². The quantitative estimate of drug-likeness (QED) is 0.765. The molecule has 2 aliphatic rings. The first-order valence-corrected chi connectivity index (χ1v) is 10.6. The third-order valence-corrected chi connectivity index (χ3v) is 6.99. The van der Waals surface area contributed by atoms with Gasteiger partial charge in [-0.05, 0) is 37.0 Å². The molecule has 8 heteroatoms. The summed E-state index contributed by atoms with van der Waals surface area (Å²) in [5, 5.41) is 4.14. The van der Waals surface area contributed by atoms with E-state index in [1.165, 1.54) is 11.3 Å². The molecule has 2 aromatic rings. The summed E-state index contributed by atoms with van der Waals surface area (Å²) in [5.41, 5.74) is 0.767. The number of fused-ring (bicyclic) bond motifs is 2. The smallest absolute Gasteiger partial charge is 0.228 e.